The number of nitrogens with zero attached hydrogens (tertiary/aromatic N) is 3. The van der Waals surface area contributed by atoms with Gasteiger partial charge in [-0.15, -0.1) is 0 Å². The number of fused-ring (bicyclic) bond motifs is 1. The lowest BCUT2D eigenvalue weighted by Gasteiger charge is -2.18. The molecule has 0 unspecified atom stereocenters. The molecule has 3 aromatic rings. The van der Waals surface area contributed by atoms with Crippen molar-refractivity contribution in [2.24, 2.45) is 5.92 Å². The molecule has 0 spiro atoms. The third-order valence-electron chi connectivity index (χ3n) is 6.47. The Kier molecular flexibility index (Phi) is 5.51. The van der Waals surface area contributed by atoms with E-state index in [9.17, 15) is 19.1 Å². The molecular weight excluding hydrogens is 439 g/mol. The molecule has 2 fully saturated rings. The van der Waals surface area contributed by atoms with Gasteiger partial charge in [0.1, 0.15) is 5.52 Å². The number of likely N-dealkylation sites (tertiary alicyclic amines) is 1. The van der Waals surface area contributed by atoms with Crippen molar-refractivity contribution in [2.45, 2.75) is 45.1 Å². The van der Waals surface area contributed by atoms with Crippen LogP contribution < -0.4 is 10.1 Å². The number of ether oxygens (including phenoxy) is 1. The Morgan fingerprint density at radius 3 is 2.76 bits per heavy atom. The van der Waals surface area contributed by atoms with Crippen molar-refractivity contribution in [3.05, 3.63) is 53.6 Å². The summed E-state index contributed by atoms with van der Waals surface area (Å²) in [5, 5.41) is 17.2. The van der Waals surface area contributed by atoms with E-state index >= 15 is 0 Å². The third kappa shape index (κ3) is 4.48. The molecule has 1 saturated carbocycles. The molecule has 1 atom stereocenters. The van der Waals surface area contributed by atoms with E-state index in [-0.39, 0.29) is 24.1 Å². The van der Waals surface area contributed by atoms with Gasteiger partial charge in [-0.05, 0) is 56.7 Å². The van der Waals surface area contributed by atoms with E-state index in [1.807, 2.05) is 0 Å². The molecule has 34 heavy (non-hydrogen) atoms. The number of benzene rings is 1. The second kappa shape index (κ2) is 8.39. The van der Waals surface area contributed by atoms with Gasteiger partial charge in [-0.2, -0.15) is 5.10 Å². The molecule has 2 N–H and O–H groups in total. The van der Waals surface area contributed by atoms with E-state index in [0.29, 0.717) is 53.4 Å². The van der Waals surface area contributed by atoms with E-state index in [1.165, 1.54) is 22.8 Å². The monoisotopic (exact) mass is 466 g/mol. The highest BCUT2D eigenvalue weighted by Gasteiger charge is 2.35. The summed E-state index contributed by atoms with van der Waals surface area (Å²) in [5.74, 6) is -0.126. The third-order valence-corrected chi connectivity index (χ3v) is 6.47. The molecule has 178 valence electrons. The molecule has 1 aliphatic heterocycles. The molecule has 1 aromatic carbocycles. The molecule has 0 bridgehead atoms. The fourth-order valence-corrected chi connectivity index (χ4v) is 4.39. The average molecular weight is 467 g/mol. The lowest BCUT2D eigenvalue weighted by atomic mass is 10.1. The number of nitrogens with one attached hydrogen (secondary N) is 1. The van der Waals surface area contributed by atoms with Gasteiger partial charge in [0.25, 0.3) is 5.91 Å². The molecule has 9 heteroatoms. The van der Waals surface area contributed by atoms with E-state index in [0.717, 1.165) is 12.8 Å². The van der Waals surface area contributed by atoms with E-state index < -0.39 is 11.4 Å². The summed E-state index contributed by atoms with van der Waals surface area (Å²) in [4.78, 5) is 26.7. The number of amides is 2. The maximum atomic E-state index is 14.8. The van der Waals surface area contributed by atoms with Crippen molar-refractivity contribution in [3.63, 3.8) is 0 Å². The first kappa shape index (κ1) is 22.3. The van der Waals surface area contributed by atoms with Gasteiger partial charge in [0.2, 0.25) is 5.91 Å². The lowest BCUT2D eigenvalue weighted by molar-refractivity contribution is -0.116. The van der Waals surface area contributed by atoms with Crippen LogP contribution in [0.15, 0.2) is 36.7 Å². The van der Waals surface area contributed by atoms with Crippen LogP contribution >= 0.6 is 0 Å². The van der Waals surface area contributed by atoms with Gasteiger partial charge < -0.3 is 20.1 Å². The first-order chi connectivity index (χ1) is 16.2. The van der Waals surface area contributed by atoms with Crippen LogP contribution in [-0.2, 0) is 4.79 Å². The Bertz CT molecular complexity index is 1280. The number of halogens is 1. The molecular formula is C25H27FN4O4. The Labute approximate surface area is 196 Å². The van der Waals surface area contributed by atoms with Crippen LogP contribution in [0.2, 0.25) is 0 Å². The molecule has 8 nitrogen and oxygen atoms in total. The highest BCUT2D eigenvalue weighted by Crippen LogP contribution is 2.34. The molecule has 5 rings (SSSR count). The van der Waals surface area contributed by atoms with Crippen molar-refractivity contribution in [3.8, 4) is 11.5 Å². The van der Waals surface area contributed by atoms with Crippen molar-refractivity contribution >= 4 is 23.0 Å². The largest absolute Gasteiger partial charge is 0.452 e. The number of β-amino-alcohol motifs (C(OH)–C–C–N with tert-alkyl or cyclic N) is 1. The first-order valence-electron chi connectivity index (χ1n) is 11.5. The number of carbonyl (C=O) groups is 2. The predicted molar refractivity (Wildman–Crippen MR) is 124 cm³/mol. The number of hydrogen-bond donors (Lipinski definition) is 2. The van der Waals surface area contributed by atoms with Crippen molar-refractivity contribution in [1.29, 1.82) is 0 Å². The van der Waals surface area contributed by atoms with Crippen LogP contribution in [0.25, 0.3) is 5.52 Å². The van der Waals surface area contributed by atoms with E-state index in [1.54, 1.807) is 37.1 Å². The highest BCUT2D eigenvalue weighted by molar-refractivity contribution is 5.98. The summed E-state index contributed by atoms with van der Waals surface area (Å²) in [6.45, 7) is 4.25. The SMILES string of the molecule is Cc1c(C(=O)N2CC[C@@](C)(O)C2)cn2nccc(Oc3ccc(NC(=O)CC4CC4)cc3F)c12. The lowest BCUT2D eigenvalue weighted by Crippen LogP contribution is -2.34. The van der Waals surface area contributed by atoms with Crippen molar-refractivity contribution < 1.29 is 23.8 Å². The fraction of sp³-hybridized carbons (Fsp3) is 0.400. The van der Waals surface area contributed by atoms with Gasteiger partial charge in [-0.25, -0.2) is 8.91 Å². The Hall–Kier alpha value is -3.46. The minimum Gasteiger partial charge on any atom is -0.452 e. The summed E-state index contributed by atoms with van der Waals surface area (Å²) in [6.07, 6.45) is 6.26. The standard InChI is InChI=1S/C25H27FN4O4/c1-15-18(24(32)29-10-8-25(2,33)14-29)13-30-23(15)21(7-9-27-30)34-20-6-5-17(12-19(20)26)28-22(31)11-16-3-4-16/h5-7,9,12-13,16,33H,3-4,8,10-11,14H2,1-2H3,(H,28,31)/t25-/m1/s1. The van der Waals surface area contributed by atoms with Crippen LogP contribution in [0.1, 0.15) is 48.5 Å². The maximum absolute atomic E-state index is 14.8. The number of aromatic nitrogens is 2. The topological polar surface area (TPSA) is 96.2 Å². The van der Waals surface area contributed by atoms with Crippen LogP contribution in [0.5, 0.6) is 11.5 Å². The van der Waals surface area contributed by atoms with E-state index in [4.69, 9.17) is 4.74 Å². The van der Waals surface area contributed by atoms with Crippen LogP contribution in [0, 0.1) is 18.7 Å². The second-order valence-electron chi connectivity index (χ2n) is 9.57. The number of hydrogen-bond acceptors (Lipinski definition) is 5. The van der Waals surface area contributed by atoms with Gasteiger partial charge in [0.05, 0.1) is 17.4 Å². The zero-order valence-corrected chi connectivity index (χ0v) is 19.2. The molecule has 1 saturated heterocycles. The number of carbonyl (C=O) groups excluding carboxylic acids is 2. The molecule has 0 radical (unpaired) electrons. The minimum atomic E-state index is -0.893. The zero-order chi connectivity index (χ0) is 24.0. The summed E-state index contributed by atoms with van der Waals surface area (Å²) < 4.78 is 22.2. The normalized spacial score (nSPS) is 20.1. The Balaban J connectivity index is 1.38. The zero-order valence-electron chi connectivity index (χ0n) is 19.2. The minimum absolute atomic E-state index is 0.00245. The predicted octanol–water partition coefficient (Wildman–Crippen LogP) is 3.91. The van der Waals surface area contributed by atoms with Crippen LogP contribution in [0.4, 0.5) is 10.1 Å². The smallest absolute Gasteiger partial charge is 0.255 e. The molecule has 2 aromatic heterocycles. The van der Waals surface area contributed by atoms with Gasteiger partial charge in [-0.3, -0.25) is 9.59 Å². The number of anilines is 1. The van der Waals surface area contributed by atoms with Crippen LogP contribution in [0.3, 0.4) is 0 Å². The maximum Gasteiger partial charge on any atom is 0.255 e. The first-order valence-corrected chi connectivity index (χ1v) is 11.5. The van der Waals surface area contributed by atoms with Gasteiger partial charge in [0.15, 0.2) is 17.3 Å². The highest BCUT2D eigenvalue weighted by atomic mass is 19.1. The van der Waals surface area contributed by atoms with Crippen molar-refractivity contribution in [1.82, 2.24) is 14.5 Å². The van der Waals surface area contributed by atoms with Gasteiger partial charge in [0, 0.05) is 43.5 Å². The Morgan fingerprint density at radius 2 is 2.09 bits per heavy atom. The molecule has 3 heterocycles. The Morgan fingerprint density at radius 1 is 1.29 bits per heavy atom. The molecule has 1 aliphatic carbocycles. The number of aliphatic hydroxyl groups is 1. The van der Waals surface area contributed by atoms with Crippen molar-refractivity contribution in [2.75, 3.05) is 18.4 Å². The summed E-state index contributed by atoms with van der Waals surface area (Å²) in [6, 6.07) is 5.91. The van der Waals surface area contributed by atoms with E-state index in [2.05, 4.69) is 10.4 Å². The number of rotatable bonds is 6. The molecule has 2 amide bonds. The quantitative estimate of drug-likeness (QED) is 0.574. The molecule has 2 aliphatic rings. The average Bonchev–Trinajstić information content (AvgIpc) is 3.42. The number of aryl methyl sites for hydroxylation is 1. The summed E-state index contributed by atoms with van der Waals surface area (Å²) in [5.41, 5.74) is 1.15. The van der Waals surface area contributed by atoms with Gasteiger partial charge >= 0.3 is 0 Å². The summed E-state index contributed by atoms with van der Waals surface area (Å²) in [7, 11) is 0. The fourth-order valence-electron chi connectivity index (χ4n) is 4.39. The van der Waals surface area contributed by atoms with Crippen LogP contribution in [-0.4, -0.2) is 50.1 Å². The summed E-state index contributed by atoms with van der Waals surface area (Å²) >= 11 is 0. The van der Waals surface area contributed by atoms with Gasteiger partial charge in [-0.1, -0.05) is 0 Å². The second-order valence-corrected chi connectivity index (χ2v) is 9.57.